The van der Waals surface area contributed by atoms with Gasteiger partial charge in [-0.1, -0.05) is 66.4 Å². The lowest BCUT2D eigenvalue weighted by atomic mass is 10.1. The molecule has 1 atom stereocenters. The lowest BCUT2D eigenvalue weighted by Crippen LogP contribution is -3.11. The molecule has 1 unspecified atom stereocenters. The Morgan fingerprint density at radius 3 is 2.32 bits per heavy atom. The summed E-state index contributed by atoms with van der Waals surface area (Å²) in [5.41, 5.74) is 4.23. The van der Waals surface area contributed by atoms with Crippen LogP contribution in [0.2, 0.25) is 0 Å². The molecule has 0 radical (unpaired) electrons. The second-order valence-corrected chi connectivity index (χ2v) is 7.65. The fourth-order valence-electron chi connectivity index (χ4n) is 2.99. The Labute approximate surface area is 150 Å². The minimum atomic E-state index is 0.523. The molecule has 0 saturated carbocycles. The first-order chi connectivity index (χ1) is 10.8. The van der Waals surface area contributed by atoms with E-state index in [0.29, 0.717) is 5.37 Å². The highest BCUT2D eigenvalue weighted by molar-refractivity contribution is 14.1. The van der Waals surface area contributed by atoms with Gasteiger partial charge in [0, 0.05) is 14.0 Å². The molecule has 0 aliphatic carbocycles. The smallest absolute Gasteiger partial charge is 0.165 e. The van der Waals surface area contributed by atoms with Gasteiger partial charge in [0.1, 0.15) is 0 Å². The zero-order valence-corrected chi connectivity index (χ0v) is 15.9. The van der Waals surface area contributed by atoms with Crippen LogP contribution in [0, 0.1) is 0 Å². The van der Waals surface area contributed by atoms with E-state index in [1.807, 2.05) is 11.8 Å². The van der Waals surface area contributed by atoms with Gasteiger partial charge in [-0.3, -0.25) is 0 Å². The van der Waals surface area contributed by atoms with Gasteiger partial charge in [0.25, 0.3) is 0 Å². The van der Waals surface area contributed by atoms with Gasteiger partial charge in [0.2, 0.25) is 0 Å². The van der Waals surface area contributed by atoms with Gasteiger partial charge in [-0.05, 0) is 47.6 Å². The highest BCUT2D eigenvalue weighted by Crippen LogP contribution is 2.51. The summed E-state index contributed by atoms with van der Waals surface area (Å²) in [5, 5.41) is 0.523. The van der Waals surface area contributed by atoms with E-state index in [-0.39, 0.29) is 0 Å². The Kier molecular flexibility index (Phi) is 5.26. The van der Waals surface area contributed by atoms with Crippen LogP contribution < -0.4 is 4.90 Å². The SMILES string of the molecule is CC[NH+](CC)C1S/C(=C(/I)c2ccccc2)c2ccccc21. The molecule has 0 bridgehead atoms. The van der Waals surface area contributed by atoms with Crippen LogP contribution >= 0.6 is 34.4 Å². The highest BCUT2D eigenvalue weighted by atomic mass is 127. The second-order valence-electron chi connectivity index (χ2n) is 5.46. The number of thioether (sulfide) groups is 1. The van der Waals surface area contributed by atoms with E-state index in [4.69, 9.17) is 0 Å². The van der Waals surface area contributed by atoms with Gasteiger partial charge >= 0.3 is 0 Å². The first kappa shape index (κ1) is 16.1. The maximum atomic E-state index is 2.51. The van der Waals surface area contributed by atoms with Crippen molar-refractivity contribution >= 4 is 42.8 Å². The number of halogens is 1. The average molecular weight is 422 g/mol. The zero-order chi connectivity index (χ0) is 15.5. The molecule has 3 heteroatoms. The molecule has 1 heterocycles. The lowest BCUT2D eigenvalue weighted by Gasteiger charge is -2.22. The number of benzene rings is 2. The van der Waals surface area contributed by atoms with Gasteiger partial charge in [-0.15, -0.1) is 0 Å². The Morgan fingerprint density at radius 1 is 1.00 bits per heavy atom. The van der Waals surface area contributed by atoms with E-state index in [1.54, 1.807) is 4.90 Å². The Hall–Kier alpha value is -0.780. The van der Waals surface area contributed by atoms with E-state index >= 15 is 0 Å². The van der Waals surface area contributed by atoms with Crippen molar-refractivity contribution in [3.63, 3.8) is 0 Å². The summed E-state index contributed by atoms with van der Waals surface area (Å²) >= 11 is 4.55. The third-order valence-electron chi connectivity index (χ3n) is 4.23. The van der Waals surface area contributed by atoms with E-state index in [9.17, 15) is 0 Å². The first-order valence-corrected chi connectivity index (χ1v) is 9.77. The fourth-order valence-corrected chi connectivity index (χ4v) is 5.62. The maximum absolute atomic E-state index is 2.51. The largest absolute Gasteiger partial charge is 0.320 e. The Morgan fingerprint density at radius 2 is 1.64 bits per heavy atom. The fraction of sp³-hybridized carbons (Fsp3) is 0.263. The summed E-state index contributed by atoms with van der Waals surface area (Å²) < 4.78 is 1.37. The quantitative estimate of drug-likeness (QED) is 0.705. The number of quaternary nitrogens is 1. The summed E-state index contributed by atoms with van der Waals surface area (Å²) in [6.45, 7) is 6.90. The summed E-state index contributed by atoms with van der Waals surface area (Å²) in [4.78, 5) is 3.08. The van der Waals surface area contributed by atoms with Crippen LogP contribution in [0.4, 0.5) is 0 Å². The molecular weight excluding hydrogens is 401 g/mol. The van der Waals surface area contributed by atoms with E-state index in [0.717, 1.165) is 13.1 Å². The second kappa shape index (κ2) is 7.20. The summed E-state index contributed by atoms with van der Waals surface area (Å²) in [7, 11) is 0. The van der Waals surface area contributed by atoms with Gasteiger partial charge < -0.3 is 4.90 Å². The van der Waals surface area contributed by atoms with Crippen LogP contribution in [0.25, 0.3) is 8.48 Å². The topological polar surface area (TPSA) is 4.44 Å². The number of rotatable bonds is 4. The maximum Gasteiger partial charge on any atom is 0.165 e. The first-order valence-electron chi connectivity index (χ1n) is 7.82. The summed E-state index contributed by atoms with van der Waals surface area (Å²) in [6.07, 6.45) is 0. The van der Waals surface area contributed by atoms with Crippen LogP contribution in [0.5, 0.6) is 0 Å². The molecule has 3 rings (SSSR count). The molecule has 2 aromatic rings. The van der Waals surface area contributed by atoms with Crippen molar-refractivity contribution in [2.45, 2.75) is 19.2 Å². The van der Waals surface area contributed by atoms with Crippen LogP contribution in [0.15, 0.2) is 54.6 Å². The van der Waals surface area contributed by atoms with Gasteiger partial charge in [0.05, 0.1) is 13.1 Å². The molecule has 1 N–H and O–H groups in total. The molecule has 2 aromatic carbocycles. The molecule has 0 fully saturated rings. The number of nitrogens with one attached hydrogen (secondary N) is 1. The Balaban J connectivity index is 2.08. The van der Waals surface area contributed by atoms with E-state index in [1.165, 1.54) is 25.2 Å². The molecular formula is C19H21INS+. The van der Waals surface area contributed by atoms with Crippen molar-refractivity contribution in [2.24, 2.45) is 0 Å². The molecule has 1 nitrogen and oxygen atoms in total. The van der Waals surface area contributed by atoms with Gasteiger partial charge in [-0.2, -0.15) is 0 Å². The van der Waals surface area contributed by atoms with Crippen molar-refractivity contribution in [2.75, 3.05) is 13.1 Å². The van der Waals surface area contributed by atoms with Crippen molar-refractivity contribution in [1.29, 1.82) is 0 Å². The van der Waals surface area contributed by atoms with Crippen LogP contribution in [0.3, 0.4) is 0 Å². The van der Waals surface area contributed by atoms with Gasteiger partial charge in [-0.25, -0.2) is 0 Å². The Bertz CT molecular complexity index is 677. The predicted octanol–water partition coefficient (Wildman–Crippen LogP) is 4.62. The molecule has 0 saturated heterocycles. The van der Waals surface area contributed by atoms with Crippen molar-refractivity contribution in [3.8, 4) is 0 Å². The molecule has 1 aliphatic heterocycles. The summed E-state index contributed by atoms with van der Waals surface area (Å²) in [5.74, 6) is 0. The third kappa shape index (κ3) is 2.99. The average Bonchev–Trinajstić information content (AvgIpc) is 2.96. The highest BCUT2D eigenvalue weighted by Gasteiger charge is 2.35. The minimum absolute atomic E-state index is 0.523. The number of hydrogen-bond donors (Lipinski definition) is 1. The molecule has 114 valence electrons. The van der Waals surface area contributed by atoms with Crippen LogP contribution in [-0.4, -0.2) is 13.1 Å². The van der Waals surface area contributed by atoms with Crippen molar-refractivity contribution in [1.82, 2.24) is 0 Å². The van der Waals surface area contributed by atoms with Crippen molar-refractivity contribution < 1.29 is 4.90 Å². The van der Waals surface area contributed by atoms with Crippen molar-refractivity contribution in [3.05, 3.63) is 71.3 Å². The van der Waals surface area contributed by atoms with E-state index < -0.39 is 0 Å². The third-order valence-corrected chi connectivity index (χ3v) is 7.24. The molecule has 0 spiro atoms. The van der Waals surface area contributed by atoms with Crippen LogP contribution in [-0.2, 0) is 0 Å². The molecule has 22 heavy (non-hydrogen) atoms. The molecule has 0 aromatic heterocycles. The van der Waals surface area contributed by atoms with Crippen LogP contribution in [0.1, 0.15) is 35.9 Å². The zero-order valence-electron chi connectivity index (χ0n) is 13.0. The monoisotopic (exact) mass is 422 g/mol. The predicted molar refractivity (Wildman–Crippen MR) is 106 cm³/mol. The molecule has 0 amide bonds. The lowest BCUT2D eigenvalue weighted by molar-refractivity contribution is -0.912. The normalized spacial score (nSPS) is 19.4. The number of fused-ring (bicyclic) bond motifs is 1. The standard InChI is InChI=1S/C19H20INS/c1-3-21(4-2)19-16-13-9-8-12-15(16)18(22-19)17(20)14-10-6-5-7-11-14/h5-13,19H,3-4H2,1-2H3/p+1/b18-17+. The van der Waals surface area contributed by atoms with E-state index in [2.05, 4.69) is 91.0 Å². The molecule has 1 aliphatic rings. The summed E-state index contributed by atoms with van der Waals surface area (Å²) in [6, 6.07) is 19.6. The van der Waals surface area contributed by atoms with Gasteiger partial charge in [0.15, 0.2) is 5.37 Å². The number of hydrogen-bond acceptors (Lipinski definition) is 1. The minimum Gasteiger partial charge on any atom is -0.320 e.